The van der Waals surface area contributed by atoms with E-state index in [4.69, 9.17) is 5.73 Å². The lowest BCUT2D eigenvalue weighted by Crippen LogP contribution is -2.41. The molecule has 0 aromatic carbocycles. The van der Waals surface area contributed by atoms with Crippen LogP contribution in [-0.2, 0) is 23.9 Å². The fraction of sp³-hybridized carbons (Fsp3) is 0.800. The first-order valence-corrected chi connectivity index (χ1v) is 9.22. The number of carbonyl (C=O) groups is 4. The van der Waals surface area contributed by atoms with Crippen LogP contribution in [0.4, 0.5) is 0 Å². The number of primary amides is 1. The highest BCUT2D eigenvalue weighted by molar-refractivity contribution is 5.96. The van der Waals surface area contributed by atoms with Crippen LogP contribution in [-0.4, -0.2) is 23.8 Å². The predicted molar refractivity (Wildman–Crippen MR) is 105 cm³/mol. The van der Waals surface area contributed by atoms with Crippen LogP contribution in [0.3, 0.4) is 0 Å². The summed E-state index contributed by atoms with van der Waals surface area (Å²) in [5, 5.41) is 10.6. The number of ether oxygens (including phenoxy) is 1. The molecule has 28 heavy (non-hydrogen) atoms. The van der Waals surface area contributed by atoms with Gasteiger partial charge in [-0.05, 0) is 23.7 Å². The number of rotatable bonds is 5. The largest absolute Gasteiger partial charge is 0.550 e. The minimum absolute atomic E-state index is 0. The topological polar surface area (TPSA) is 163 Å². The Labute approximate surface area is 168 Å². The van der Waals surface area contributed by atoms with E-state index in [1.807, 2.05) is 20.8 Å². The number of hydrogen-bond acceptors (Lipinski definition) is 6. The Morgan fingerprint density at radius 3 is 1.79 bits per heavy atom. The molecular weight excluding hydrogens is 364 g/mol. The van der Waals surface area contributed by atoms with Gasteiger partial charge in [0.25, 0.3) is 0 Å². The van der Waals surface area contributed by atoms with Crippen molar-refractivity contribution in [3.8, 4) is 0 Å². The lowest BCUT2D eigenvalue weighted by atomic mass is 9.79. The highest BCUT2D eigenvalue weighted by Crippen LogP contribution is 2.34. The third-order valence-electron chi connectivity index (χ3n) is 4.48. The first kappa shape index (κ1) is 28.3. The van der Waals surface area contributed by atoms with E-state index < -0.39 is 23.7 Å². The van der Waals surface area contributed by atoms with Gasteiger partial charge in [-0.3, -0.25) is 14.4 Å². The van der Waals surface area contributed by atoms with Crippen molar-refractivity contribution in [3.05, 3.63) is 0 Å². The molecule has 8 nitrogen and oxygen atoms in total. The molecule has 1 fully saturated rings. The van der Waals surface area contributed by atoms with Crippen molar-refractivity contribution in [3.63, 3.8) is 0 Å². The molecule has 4 atom stereocenters. The molecule has 1 amide bonds. The number of carboxylic acids is 1. The number of amides is 1. The Bertz CT molecular complexity index is 574. The van der Waals surface area contributed by atoms with Crippen LogP contribution in [0.25, 0.3) is 0 Å². The molecule has 8 heteroatoms. The maximum absolute atomic E-state index is 11.2. The molecule has 164 valence electrons. The molecule has 0 spiro atoms. The second-order valence-corrected chi connectivity index (χ2v) is 9.78. The Kier molecular flexibility index (Phi) is 10.6. The first-order chi connectivity index (χ1) is 12.0. The molecule has 0 aromatic heterocycles. The Hall–Kier alpha value is -1.96. The number of esters is 2. The summed E-state index contributed by atoms with van der Waals surface area (Å²) in [6.45, 7) is 15.2. The third-order valence-corrected chi connectivity index (χ3v) is 4.48. The molecule has 0 aliphatic carbocycles. The van der Waals surface area contributed by atoms with Gasteiger partial charge < -0.3 is 26.5 Å². The van der Waals surface area contributed by atoms with Crippen LogP contribution < -0.4 is 17.0 Å². The molecule has 4 unspecified atom stereocenters. The summed E-state index contributed by atoms with van der Waals surface area (Å²) in [5.74, 6) is -4.52. The van der Waals surface area contributed by atoms with Crippen molar-refractivity contribution in [2.45, 2.75) is 68.2 Å². The summed E-state index contributed by atoms with van der Waals surface area (Å²) < 4.78 is 4.55. The van der Waals surface area contributed by atoms with Crippen molar-refractivity contribution in [2.75, 3.05) is 0 Å². The van der Waals surface area contributed by atoms with E-state index in [0.717, 1.165) is 0 Å². The van der Waals surface area contributed by atoms with Gasteiger partial charge in [-0.15, -0.1) is 0 Å². The Morgan fingerprint density at radius 1 is 1.07 bits per heavy atom. The SMILES string of the molecule is CC(C(=O)[O-])C(CC(C)(C)C)C(N)=O.CC1C(=O)OC(=O)C1CC(C)(C)C.[NH4+]. The Morgan fingerprint density at radius 2 is 1.54 bits per heavy atom. The van der Waals surface area contributed by atoms with Crippen LogP contribution in [0, 0.1) is 34.5 Å². The molecule has 1 saturated heterocycles. The van der Waals surface area contributed by atoms with Crippen LogP contribution >= 0.6 is 0 Å². The van der Waals surface area contributed by atoms with Crippen LogP contribution in [0.2, 0.25) is 0 Å². The number of aliphatic carboxylic acids is 1. The van der Waals surface area contributed by atoms with Gasteiger partial charge in [0.1, 0.15) is 0 Å². The lowest BCUT2D eigenvalue weighted by molar-refractivity contribution is -0.312. The van der Waals surface area contributed by atoms with Crippen molar-refractivity contribution in [1.82, 2.24) is 6.15 Å². The quantitative estimate of drug-likeness (QED) is 0.528. The number of hydrogen-bond donors (Lipinski definition) is 2. The summed E-state index contributed by atoms with van der Waals surface area (Å²) in [5.41, 5.74) is 5.09. The fourth-order valence-corrected chi connectivity index (χ4v) is 2.90. The summed E-state index contributed by atoms with van der Waals surface area (Å²) in [4.78, 5) is 43.9. The predicted octanol–water partition coefficient (Wildman–Crippen LogP) is 2.04. The monoisotopic (exact) mass is 402 g/mol. The van der Waals surface area contributed by atoms with E-state index in [1.54, 1.807) is 6.92 Å². The van der Waals surface area contributed by atoms with Crippen LogP contribution in [0.5, 0.6) is 0 Å². The zero-order valence-corrected chi connectivity index (χ0v) is 18.8. The fourth-order valence-electron chi connectivity index (χ4n) is 2.90. The van der Waals surface area contributed by atoms with Crippen molar-refractivity contribution < 1.29 is 29.0 Å². The Balaban J connectivity index is 0. The smallest absolute Gasteiger partial charge is 0.317 e. The van der Waals surface area contributed by atoms with Gasteiger partial charge in [0, 0.05) is 17.8 Å². The number of carboxylic acid groups (broad SMARTS) is 1. The van der Waals surface area contributed by atoms with Crippen molar-refractivity contribution in [1.29, 1.82) is 0 Å². The van der Waals surface area contributed by atoms with Crippen LogP contribution in [0.15, 0.2) is 0 Å². The average Bonchev–Trinajstić information content (AvgIpc) is 2.68. The summed E-state index contributed by atoms with van der Waals surface area (Å²) in [7, 11) is 0. The molecule has 0 aromatic rings. The molecule has 1 aliphatic rings. The van der Waals surface area contributed by atoms with Crippen LogP contribution in [0.1, 0.15) is 68.2 Å². The van der Waals surface area contributed by atoms with Crippen molar-refractivity contribution >= 4 is 23.8 Å². The summed E-state index contributed by atoms with van der Waals surface area (Å²) >= 11 is 0. The standard InChI is InChI=1S/C10H19NO3.C10H16O3.H3N/c1-6(9(13)14)7(8(11)12)5-10(2,3)4;1-6-7(5-10(2,3)4)9(12)13-8(6)11;/h6-7H,5H2,1-4H3,(H2,11,12)(H,13,14);6-7H,5H2,1-4H3;1H3. The molecule has 0 radical (unpaired) electrons. The van der Waals surface area contributed by atoms with E-state index in [-0.39, 0.29) is 40.8 Å². The van der Waals surface area contributed by atoms with E-state index in [2.05, 4.69) is 25.5 Å². The van der Waals surface area contributed by atoms with Gasteiger partial charge in [-0.25, -0.2) is 0 Å². The first-order valence-electron chi connectivity index (χ1n) is 9.22. The number of cyclic esters (lactones) is 2. The van der Waals surface area contributed by atoms with E-state index in [1.165, 1.54) is 6.92 Å². The highest BCUT2D eigenvalue weighted by Gasteiger charge is 2.42. The average molecular weight is 403 g/mol. The second kappa shape index (κ2) is 10.5. The normalized spacial score (nSPS) is 21.6. The molecule has 0 bridgehead atoms. The molecule has 1 aliphatic heterocycles. The molecule has 1 heterocycles. The molecule has 0 saturated carbocycles. The van der Waals surface area contributed by atoms with Gasteiger partial charge in [-0.2, -0.15) is 0 Å². The van der Waals surface area contributed by atoms with E-state index in [0.29, 0.717) is 12.8 Å². The number of quaternary nitrogens is 1. The van der Waals surface area contributed by atoms with Gasteiger partial charge in [0.05, 0.1) is 11.8 Å². The minimum Gasteiger partial charge on any atom is -0.550 e. The van der Waals surface area contributed by atoms with Gasteiger partial charge in [0.2, 0.25) is 5.91 Å². The molecular formula is C20H38N2O6. The van der Waals surface area contributed by atoms with Gasteiger partial charge in [0.15, 0.2) is 0 Å². The minimum atomic E-state index is -1.22. The van der Waals surface area contributed by atoms with Crippen molar-refractivity contribution in [2.24, 2.45) is 40.2 Å². The molecule has 1 rings (SSSR count). The zero-order chi connectivity index (χ0) is 21.7. The maximum Gasteiger partial charge on any atom is 0.317 e. The number of nitrogens with two attached hydrogens (primary N) is 1. The highest BCUT2D eigenvalue weighted by atomic mass is 16.6. The van der Waals surface area contributed by atoms with E-state index in [9.17, 15) is 24.3 Å². The van der Waals surface area contributed by atoms with E-state index >= 15 is 0 Å². The molecule has 6 N–H and O–H groups in total. The third kappa shape index (κ3) is 9.82. The van der Waals surface area contributed by atoms with Gasteiger partial charge >= 0.3 is 11.9 Å². The summed E-state index contributed by atoms with van der Waals surface area (Å²) in [6.07, 6.45) is 1.16. The van der Waals surface area contributed by atoms with Gasteiger partial charge in [-0.1, -0.05) is 55.4 Å². The maximum atomic E-state index is 11.2. The lowest BCUT2D eigenvalue weighted by Gasteiger charge is -2.28. The summed E-state index contributed by atoms with van der Waals surface area (Å²) in [6, 6.07) is 0. The zero-order valence-electron chi connectivity index (χ0n) is 18.8. The number of carbonyl (C=O) groups excluding carboxylic acids is 4. The second-order valence-electron chi connectivity index (χ2n) is 9.78.